The van der Waals surface area contributed by atoms with Crippen LogP contribution in [0.4, 0.5) is 23.7 Å². The Balaban J connectivity index is 1.95. The monoisotopic (exact) mass is 400 g/mol. The zero-order valence-corrected chi connectivity index (χ0v) is 15.8. The molecule has 2 amide bonds. The number of urea groups is 1. The van der Waals surface area contributed by atoms with Crippen molar-refractivity contribution in [2.45, 2.75) is 33.0 Å². The molecule has 0 radical (unpaired) electrons. The van der Waals surface area contributed by atoms with Gasteiger partial charge in [-0.1, -0.05) is 29.8 Å². The van der Waals surface area contributed by atoms with Crippen LogP contribution >= 0.6 is 11.6 Å². The van der Waals surface area contributed by atoms with Gasteiger partial charge in [-0.05, 0) is 50.1 Å². The van der Waals surface area contributed by atoms with E-state index < -0.39 is 17.8 Å². The van der Waals surface area contributed by atoms with Crippen molar-refractivity contribution in [3.05, 3.63) is 58.1 Å². The summed E-state index contributed by atoms with van der Waals surface area (Å²) in [6.07, 6.45) is -4.52. The summed E-state index contributed by atoms with van der Waals surface area (Å²) in [7, 11) is 0. The summed E-state index contributed by atoms with van der Waals surface area (Å²) in [5.74, 6) is 0.743. The molecule has 0 aliphatic carbocycles. The van der Waals surface area contributed by atoms with E-state index in [1.807, 2.05) is 32.0 Å². The van der Waals surface area contributed by atoms with Gasteiger partial charge in [0.1, 0.15) is 12.4 Å². The van der Waals surface area contributed by atoms with E-state index in [0.29, 0.717) is 0 Å². The summed E-state index contributed by atoms with van der Waals surface area (Å²) in [6.45, 7) is 5.77. The van der Waals surface area contributed by atoms with E-state index in [1.165, 1.54) is 0 Å². The number of ether oxygens (including phenoxy) is 1. The number of benzene rings is 2. The number of anilines is 1. The Morgan fingerprint density at radius 2 is 1.81 bits per heavy atom. The van der Waals surface area contributed by atoms with Crippen LogP contribution in [0.3, 0.4) is 0 Å². The number of carbonyl (C=O) groups is 1. The first-order valence-corrected chi connectivity index (χ1v) is 8.59. The maximum atomic E-state index is 12.8. The fraction of sp³-hybridized carbons (Fsp3) is 0.316. The number of rotatable bonds is 5. The van der Waals surface area contributed by atoms with Gasteiger partial charge in [-0.15, -0.1) is 0 Å². The lowest BCUT2D eigenvalue weighted by Gasteiger charge is -2.18. The molecular formula is C19H20ClF3N2O2. The Bertz CT molecular complexity index is 805. The number of amides is 2. The minimum atomic E-state index is -4.52. The predicted molar refractivity (Wildman–Crippen MR) is 99.5 cm³/mol. The van der Waals surface area contributed by atoms with Crippen molar-refractivity contribution in [1.82, 2.24) is 5.32 Å². The molecule has 0 spiro atoms. The van der Waals surface area contributed by atoms with E-state index in [9.17, 15) is 18.0 Å². The molecule has 2 rings (SSSR count). The van der Waals surface area contributed by atoms with E-state index in [0.717, 1.165) is 35.1 Å². The lowest BCUT2D eigenvalue weighted by molar-refractivity contribution is -0.137. The maximum absolute atomic E-state index is 12.8. The third-order valence-electron chi connectivity index (χ3n) is 3.81. The second kappa shape index (κ2) is 8.52. The topological polar surface area (TPSA) is 50.4 Å². The Morgan fingerprint density at radius 1 is 1.19 bits per heavy atom. The summed E-state index contributed by atoms with van der Waals surface area (Å²) in [4.78, 5) is 12.1. The second-order valence-corrected chi connectivity index (χ2v) is 6.63. The number of carbonyl (C=O) groups excluding carboxylic acids is 1. The first-order chi connectivity index (χ1) is 12.6. The zero-order valence-electron chi connectivity index (χ0n) is 15.1. The van der Waals surface area contributed by atoms with E-state index in [2.05, 4.69) is 10.6 Å². The van der Waals surface area contributed by atoms with Gasteiger partial charge in [0.25, 0.3) is 0 Å². The van der Waals surface area contributed by atoms with Gasteiger partial charge in [-0.25, -0.2) is 4.79 Å². The Hall–Kier alpha value is -2.41. The van der Waals surface area contributed by atoms with Gasteiger partial charge in [0, 0.05) is 0 Å². The van der Waals surface area contributed by atoms with Crippen molar-refractivity contribution >= 4 is 23.3 Å². The average Bonchev–Trinajstić information content (AvgIpc) is 2.55. The third kappa shape index (κ3) is 5.79. The van der Waals surface area contributed by atoms with E-state index in [1.54, 1.807) is 6.92 Å². The molecule has 1 atom stereocenters. The number of para-hydroxylation sites is 1. The van der Waals surface area contributed by atoms with Crippen molar-refractivity contribution in [1.29, 1.82) is 0 Å². The molecular weight excluding hydrogens is 381 g/mol. The molecule has 2 N–H and O–H groups in total. The molecule has 4 nitrogen and oxygen atoms in total. The largest absolute Gasteiger partial charge is 0.491 e. The molecule has 0 saturated carbocycles. The van der Waals surface area contributed by atoms with E-state index >= 15 is 0 Å². The molecule has 0 aliphatic rings. The number of nitrogens with one attached hydrogen (secondary N) is 2. The van der Waals surface area contributed by atoms with Crippen molar-refractivity contribution < 1.29 is 22.7 Å². The molecule has 0 aromatic heterocycles. The number of halogens is 4. The highest BCUT2D eigenvalue weighted by Crippen LogP contribution is 2.33. The van der Waals surface area contributed by atoms with Crippen LogP contribution in [0.15, 0.2) is 36.4 Å². The number of aryl methyl sites for hydroxylation is 2. The van der Waals surface area contributed by atoms with Crippen LogP contribution in [0.2, 0.25) is 5.02 Å². The minimum absolute atomic E-state index is 0.0117. The Morgan fingerprint density at radius 3 is 2.41 bits per heavy atom. The van der Waals surface area contributed by atoms with Gasteiger partial charge in [-0.3, -0.25) is 0 Å². The van der Waals surface area contributed by atoms with Crippen molar-refractivity contribution in [2.24, 2.45) is 0 Å². The number of hydrogen-bond acceptors (Lipinski definition) is 2. The molecule has 0 heterocycles. The first-order valence-electron chi connectivity index (χ1n) is 8.21. The summed E-state index contributed by atoms with van der Waals surface area (Å²) < 4.78 is 44.1. The van der Waals surface area contributed by atoms with Crippen LogP contribution in [-0.2, 0) is 6.18 Å². The van der Waals surface area contributed by atoms with E-state index in [-0.39, 0.29) is 23.4 Å². The second-order valence-electron chi connectivity index (χ2n) is 6.22. The van der Waals surface area contributed by atoms with E-state index in [4.69, 9.17) is 16.3 Å². The maximum Gasteiger partial charge on any atom is 0.416 e. The molecule has 0 bridgehead atoms. The highest BCUT2D eigenvalue weighted by atomic mass is 35.5. The van der Waals surface area contributed by atoms with Crippen molar-refractivity contribution in [3.8, 4) is 5.75 Å². The Kier molecular flexibility index (Phi) is 6.59. The van der Waals surface area contributed by atoms with Crippen LogP contribution in [0.5, 0.6) is 5.75 Å². The van der Waals surface area contributed by atoms with Crippen LogP contribution < -0.4 is 15.4 Å². The van der Waals surface area contributed by atoms with Crippen molar-refractivity contribution in [3.63, 3.8) is 0 Å². The zero-order chi connectivity index (χ0) is 20.2. The summed E-state index contributed by atoms with van der Waals surface area (Å²) in [6, 6.07) is 7.44. The lowest BCUT2D eigenvalue weighted by atomic mass is 10.1. The molecule has 8 heteroatoms. The van der Waals surface area contributed by atoms with Crippen LogP contribution in [0.25, 0.3) is 0 Å². The normalized spacial score (nSPS) is 12.4. The summed E-state index contributed by atoms with van der Waals surface area (Å²) in [5.41, 5.74) is 0.935. The van der Waals surface area contributed by atoms with Crippen LogP contribution in [-0.4, -0.2) is 18.7 Å². The van der Waals surface area contributed by atoms with Gasteiger partial charge >= 0.3 is 12.2 Å². The molecule has 2 aromatic carbocycles. The van der Waals surface area contributed by atoms with Crippen LogP contribution in [0.1, 0.15) is 23.6 Å². The summed E-state index contributed by atoms with van der Waals surface area (Å²) >= 11 is 5.87. The number of alkyl halides is 3. The van der Waals surface area contributed by atoms with Gasteiger partial charge in [0.05, 0.1) is 22.3 Å². The highest BCUT2D eigenvalue weighted by molar-refractivity contribution is 6.33. The predicted octanol–water partition coefficient (Wildman–Crippen LogP) is 5.56. The fourth-order valence-electron chi connectivity index (χ4n) is 2.46. The molecule has 0 fully saturated rings. The smallest absolute Gasteiger partial charge is 0.416 e. The van der Waals surface area contributed by atoms with Gasteiger partial charge in [0.15, 0.2) is 0 Å². The average molecular weight is 401 g/mol. The highest BCUT2D eigenvalue weighted by Gasteiger charge is 2.31. The lowest BCUT2D eigenvalue weighted by Crippen LogP contribution is -2.39. The standard InChI is InChI=1S/C19H20ClF3N2O2/c1-11-5-4-6-12(2)17(11)27-10-13(3)24-18(26)25-16-9-14(19(21,22)23)7-8-15(16)20/h4-9,13H,10H2,1-3H3,(H2,24,25,26). The van der Waals surface area contributed by atoms with Crippen LogP contribution in [0, 0.1) is 13.8 Å². The van der Waals surface area contributed by atoms with Gasteiger partial charge < -0.3 is 15.4 Å². The minimum Gasteiger partial charge on any atom is -0.491 e. The molecule has 1 unspecified atom stereocenters. The quantitative estimate of drug-likeness (QED) is 0.689. The van der Waals surface area contributed by atoms with Gasteiger partial charge in [-0.2, -0.15) is 13.2 Å². The Labute approximate surface area is 160 Å². The van der Waals surface area contributed by atoms with Crippen molar-refractivity contribution in [2.75, 3.05) is 11.9 Å². The molecule has 2 aromatic rings. The third-order valence-corrected chi connectivity index (χ3v) is 4.14. The summed E-state index contributed by atoms with van der Waals surface area (Å²) in [5, 5.41) is 4.96. The molecule has 0 aliphatic heterocycles. The molecule has 0 saturated heterocycles. The fourth-order valence-corrected chi connectivity index (χ4v) is 2.62. The first kappa shape index (κ1) is 20.9. The van der Waals surface area contributed by atoms with Gasteiger partial charge in [0.2, 0.25) is 0 Å². The molecule has 146 valence electrons. The SMILES string of the molecule is Cc1cccc(C)c1OCC(C)NC(=O)Nc1cc(C(F)(F)F)ccc1Cl. The number of hydrogen-bond donors (Lipinski definition) is 2. The molecule has 27 heavy (non-hydrogen) atoms.